The van der Waals surface area contributed by atoms with E-state index in [2.05, 4.69) is 21.7 Å². The average molecular weight is 342 g/mol. The van der Waals surface area contributed by atoms with Crippen LogP contribution in [-0.4, -0.2) is 55.6 Å². The molecule has 0 aliphatic carbocycles. The average Bonchev–Trinajstić information content (AvgIpc) is 3.05. The van der Waals surface area contributed by atoms with Crippen molar-refractivity contribution in [1.82, 2.24) is 20.5 Å². The topological polar surface area (TPSA) is 86.5 Å². The molecule has 3 N–H and O–H groups in total. The van der Waals surface area contributed by atoms with E-state index < -0.39 is 6.03 Å². The van der Waals surface area contributed by atoms with E-state index >= 15 is 0 Å². The van der Waals surface area contributed by atoms with Crippen LogP contribution in [0.15, 0.2) is 30.5 Å². The minimum atomic E-state index is -0.481. The number of benzene rings is 1. The Hall–Kier alpha value is -2.80. The SMILES string of the molecule is CNC(=O)NC(=O)CN1CC=C(c2c[nH]c3ccc(OC)cc23)CC1. The molecule has 0 atom stereocenters. The Morgan fingerprint density at radius 3 is 2.88 bits per heavy atom. The van der Waals surface area contributed by atoms with Gasteiger partial charge in [-0.25, -0.2) is 4.79 Å². The minimum absolute atomic E-state index is 0.207. The molecule has 25 heavy (non-hydrogen) atoms. The molecule has 2 aromatic rings. The van der Waals surface area contributed by atoms with Gasteiger partial charge in [0.05, 0.1) is 13.7 Å². The zero-order valence-corrected chi connectivity index (χ0v) is 14.4. The second-order valence-corrected chi connectivity index (χ2v) is 5.96. The molecule has 0 spiro atoms. The number of amides is 3. The summed E-state index contributed by atoms with van der Waals surface area (Å²) >= 11 is 0. The molecule has 1 aliphatic rings. The summed E-state index contributed by atoms with van der Waals surface area (Å²) < 4.78 is 5.32. The van der Waals surface area contributed by atoms with E-state index in [1.165, 1.54) is 18.2 Å². The van der Waals surface area contributed by atoms with Gasteiger partial charge in [0.25, 0.3) is 0 Å². The third-order valence-corrected chi connectivity index (χ3v) is 4.38. The van der Waals surface area contributed by atoms with Gasteiger partial charge >= 0.3 is 6.03 Å². The minimum Gasteiger partial charge on any atom is -0.497 e. The molecule has 3 rings (SSSR count). The summed E-state index contributed by atoms with van der Waals surface area (Å²) in [6, 6.07) is 5.50. The predicted molar refractivity (Wildman–Crippen MR) is 96.5 cm³/mol. The second-order valence-electron chi connectivity index (χ2n) is 5.96. The fraction of sp³-hybridized carbons (Fsp3) is 0.333. The van der Waals surface area contributed by atoms with Gasteiger partial charge in [0.15, 0.2) is 0 Å². The summed E-state index contributed by atoms with van der Waals surface area (Å²) in [5.74, 6) is 0.533. The highest BCUT2D eigenvalue weighted by atomic mass is 16.5. The number of fused-ring (bicyclic) bond motifs is 1. The molecule has 0 radical (unpaired) electrons. The molecule has 7 nitrogen and oxygen atoms in total. The first-order chi connectivity index (χ1) is 12.1. The number of carbonyl (C=O) groups is 2. The molecule has 0 saturated carbocycles. The van der Waals surface area contributed by atoms with Gasteiger partial charge in [0, 0.05) is 42.8 Å². The quantitative estimate of drug-likeness (QED) is 0.790. The van der Waals surface area contributed by atoms with Crippen molar-refractivity contribution in [3.63, 3.8) is 0 Å². The number of aromatic nitrogens is 1. The summed E-state index contributed by atoms with van der Waals surface area (Å²) in [6.07, 6.45) is 5.00. The molecular weight excluding hydrogens is 320 g/mol. The lowest BCUT2D eigenvalue weighted by Gasteiger charge is -2.25. The third-order valence-electron chi connectivity index (χ3n) is 4.38. The molecule has 2 heterocycles. The summed E-state index contributed by atoms with van der Waals surface area (Å²) in [5, 5.41) is 5.79. The highest BCUT2D eigenvalue weighted by Gasteiger charge is 2.18. The summed E-state index contributed by atoms with van der Waals surface area (Å²) in [4.78, 5) is 28.2. The first-order valence-corrected chi connectivity index (χ1v) is 8.19. The number of H-pyrrole nitrogens is 1. The van der Waals surface area contributed by atoms with Crippen LogP contribution in [0.5, 0.6) is 5.75 Å². The monoisotopic (exact) mass is 342 g/mol. The van der Waals surface area contributed by atoms with Gasteiger partial charge in [0.2, 0.25) is 5.91 Å². The van der Waals surface area contributed by atoms with E-state index in [-0.39, 0.29) is 12.5 Å². The lowest BCUT2D eigenvalue weighted by atomic mass is 9.99. The number of nitrogens with one attached hydrogen (secondary N) is 3. The normalized spacial score (nSPS) is 14.9. The Labute approximate surface area is 146 Å². The smallest absolute Gasteiger partial charge is 0.321 e. The first kappa shape index (κ1) is 17.0. The molecule has 1 aromatic heterocycles. The maximum absolute atomic E-state index is 11.8. The highest BCUT2D eigenvalue weighted by Crippen LogP contribution is 2.31. The van der Waals surface area contributed by atoms with Crippen molar-refractivity contribution >= 4 is 28.4 Å². The molecular formula is C18H22N4O3. The van der Waals surface area contributed by atoms with Crippen molar-refractivity contribution in [1.29, 1.82) is 0 Å². The summed E-state index contributed by atoms with van der Waals surface area (Å²) in [6.45, 7) is 1.65. The van der Waals surface area contributed by atoms with Crippen LogP contribution in [0.1, 0.15) is 12.0 Å². The van der Waals surface area contributed by atoms with Crippen molar-refractivity contribution in [3.8, 4) is 5.75 Å². The number of methoxy groups -OCH3 is 1. The maximum Gasteiger partial charge on any atom is 0.321 e. The summed E-state index contributed by atoms with van der Waals surface area (Å²) in [5.41, 5.74) is 3.50. The molecule has 7 heteroatoms. The molecule has 1 aromatic carbocycles. The standard InChI is InChI=1S/C18H22N4O3/c1-19-18(24)21-17(23)11-22-7-5-12(6-8-22)15-10-20-16-4-3-13(25-2)9-14(15)16/h3-5,9-10,20H,6-8,11H2,1-2H3,(H2,19,21,23,24). The number of carbonyl (C=O) groups excluding carboxylic acids is 2. The van der Waals surface area contributed by atoms with Gasteiger partial charge in [-0.05, 0) is 30.2 Å². The number of urea groups is 1. The van der Waals surface area contributed by atoms with Crippen molar-refractivity contribution < 1.29 is 14.3 Å². The Morgan fingerprint density at radius 2 is 2.20 bits per heavy atom. The van der Waals surface area contributed by atoms with Crippen molar-refractivity contribution in [3.05, 3.63) is 36.0 Å². The predicted octanol–water partition coefficient (Wildman–Crippen LogP) is 1.72. The Balaban J connectivity index is 1.69. The molecule has 0 unspecified atom stereocenters. The van der Waals surface area contributed by atoms with Gasteiger partial charge < -0.3 is 15.0 Å². The number of hydrogen-bond donors (Lipinski definition) is 3. The van der Waals surface area contributed by atoms with Crippen LogP contribution < -0.4 is 15.4 Å². The molecule has 0 saturated heterocycles. The Bertz CT molecular complexity index is 825. The van der Waals surface area contributed by atoms with Gasteiger partial charge in [-0.2, -0.15) is 0 Å². The summed E-state index contributed by atoms with van der Waals surface area (Å²) in [7, 11) is 3.14. The second kappa shape index (κ2) is 7.40. The van der Waals surface area contributed by atoms with Gasteiger partial charge in [-0.3, -0.25) is 15.0 Å². The van der Waals surface area contributed by atoms with Crippen molar-refractivity contribution in [2.75, 3.05) is 33.8 Å². The largest absolute Gasteiger partial charge is 0.497 e. The van der Waals surface area contributed by atoms with E-state index in [0.717, 1.165) is 29.6 Å². The lowest BCUT2D eigenvalue weighted by molar-refractivity contribution is -0.121. The van der Waals surface area contributed by atoms with E-state index in [4.69, 9.17) is 4.74 Å². The molecule has 132 valence electrons. The van der Waals surface area contributed by atoms with Crippen molar-refractivity contribution in [2.45, 2.75) is 6.42 Å². The van der Waals surface area contributed by atoms with Gasteiger partial charge in [0.1, 0.15) is 5.75 Å². The number of imide groups is 1. The molecule has 0 bridgehead atoms. The van der Waals surface area contributed by atoms with Crippen LogP contribution in [-0.2, 0) is 4.79 Å². The van der Waals surface area contributed by atoms with E-state index in [0.29, 0.717) is 6.54 Å². The number of hydrogen-bond acceptors (Lipinski definition) is 4. The van der Waals surface area contributed by atoms with E-state index in [1.54, 1.807) is 7.11 Å². The van der Waals surface area contributed by atoms with E-state index in [9.17, 15) is 9.59 Å². The fourth-order valence-corrected chi connectivity index (χ4v) is 3.02. The molecule has 1 aliphatic heterocycles. The van der Waals surface area contributed by atoms with Crippen LogP contribution in [0, 0.1) is 0 Å². The van der Waals surface area contributed by atoms with Gasteiger partial charge in [-0.1, -0.05) is 6.08 Å². The van der Waals surface area contributed by atoms with Crippen LogP contribution in [0.25, 0.3) is 16.5 Å². The van der Waals surface area contributed by atoms with Crippen LogP contribution in [0.3, 0.4) is 0 Å². The zero-order valence-electron chi connectivity index (χ0n) is 14.4. The number of nitrogens with zero attached hydrogens (tertiary/aromatic N) is 1. The van der Waals surface area contributed by atoms with Crippen LogP contribution >= 0.6 is 0 Å². The van der Waals surface area contributed by atoms with Crippen molar-refractivity contribution in [2.24, 2.45) is 0 Å². The molecule has 3 amide bonds. The van der Waals surface area contributed by atoms with Crippen LogP contribution in [0.4, 0.5) is 4.79 Å². The third kappa shape index (κ3) is 3.83. The Morgan fingerprint density at radius 1 is 1.36 bits per heavy atom. The number of rotatable bonds is 4. The first-order valence-electron chi connectivity index (χ1n) is 8.19. The Kier molecular flexibility index (Phi) is 5.04. The maximum atomic E-state index is 11.8. The lowest BCUT2D eigenvalue weighted by Crippen LogP contribution is -2.44. The number of ether oxygens (including phenoxy) is 1. The zero-order chi connectivity index (χ0) is 17.8. The van der Waals surface area contributed by atoms with E-state index in [1.807, 2.05) is 29.3 Å². The van der Waals surface area contributed by atoms with Crippen LogP contribution in [0.2, 0.25) is 0 Å². The highest BCUT2D eigenvalue weighted by molar-refractivity contribution is 5.95. The molecule has 0 fully saturated rings. The number of aromatic amines is 1. The van der Waals surface area contributed by atoms with Gasteiger partial charge in [-0.15, -0.1) is 0 Å². The fourth-order valence-electron chi connectivity index (χ4n) is 3.02.